The van der Waals surface area contributed by atoms with E-state index in [-0.39, 0.29) is 6.79 Å². The normalized spacial score (nSPS) is 11.8. The molecule has 0 N–H and O–H groups in total. The van der Waals surface area contributed by atoms with Gasteiger partial charge in [0, 0.05) is 6.42 Å². The summed E-state index contributed by atoms with van der Waals surface area (Å²) in [4.78, 5) is 0. The largest absolute Gasteiger partial charge is 0.491 e. The molecule has 1 rings (SSSR count). The van der Waals surface area contributed by atoms with Crippen LogP contribution in [0.1, 0.15) is 64.9 Å². The van der Waals surface area contributed by atoms with Gasteiger partial charge >= 0.3 is 5.95 Å². The minimum atomic E-state index is 0.153. The molecule has 0 unspecified atom stereocenters. The summed E-state index contributed by atoms with van der Waals surface area (Å²) in [7, 11) is 0. The predicted molar refractivity (Wildman–Crippen MR) is 101 cm³/mol. The van der Waals surface area contributed by atoms with Crippen molar-refractivity contribution in [3.63, 3.8) is 0 Å². The standard InChI is InChI=1S/C21H34O4/c1-4-7-15-23-20(12-6-3)21(24-16-8-5-2)25-18-22-17-19-13-10-9-11-14-19/h9-11,13-14H,4-8,12,15-18H2,1-3H3/b21-20-. The molecule has 0 saturated carbocycles. The summed E-state index contributed by atoms with van der Waals surface area (Å²) < 4.78 is 23.1. The van der Waals surface area contributed by atoms with Gasteiger partial charge in [-0.25, -0.2) is 0 Å². The summed E-state index contributed by atoms with van der Waals surface area (Å²) in [6.45, 7) is 8.42. The topological polar surface area (TPSA) is 36.9 Å². The fourth-order valence-electron chi connectivity index (χ4n) is 2.14. The number of unbranched alkanes of at least 4 members (excludes halogenated alkanes) is 2. The van der Waals surface area contributed by atoms with Crippen LogP contribution < -0.4 is 0 Å². The Morgan fingerprint density at radius 1 is 0.800 bits per heavy atom. The van der Waals surface area contributed by atoms with E-state index in [0.29, 0.717) is 25.8 Å². The van der Waals surface area contributed by atoms with E-state index in [1.807, 2.05) is 30.3 Å². The molecule has 0 aliphatic heterocycles. The van der Waals surface area contributed by atoms with Crippen LogP contribution in [0.25, 0.3) is 0 Å². The lowest BCUT2D eigenvalue weighted by molar-refractivity contribution is -0.0893. The first-order valence-electron chi connectivity index (χ1n) is 9.54. The van der Waals surface area contributed by atoms with E-state index in [2.05, 4.69) is 20.8 Å². The number of benzene rings is 1. The van der Waals surface area contributed by atoms with Gasteiger partial charge in [0.2, 0.25) is 0 Å². The minimum absolute atomic E-state index is 0.153. The second-order valence-corrected chi connectivity index (χ2v) is 5.96. The lowest BCUT2D eigenvalue weighted by Gasteiger charge is -2.17. The third kappa shape index (κ3) is 10.0. The minimum Gasteiger partial charge on any atom is -0.491 e. The third-order valence-electron chi connectivity index (χ3n) is 3.59. The average Bonchev–Trinajstić information content (AvgIpc) is 2.64. The maximum Gasteiger partial charge on any atom is 0.321 e. The number of hydrogen-bond acceptors (Lipinski definition) is 4. The van der Waals surface area contributed by atoms with Crippen LogP contribution in [0.5, 0.6) is 0 Å². The molecule has 0 amide bonds. The zero-order valence-corrected chi connectivity index (χ0v) is 16.1. The maximum atomic E-state index is 5.91. The first kappa shape index (κ1) is 21.4. The van der Waals surface area contributed by atoms with Crippen molar-refractivity contribution in [1.82, 2.24) is 0 Å². The van der Waals surface area contributed by atoms with E-state index in [0.717, 1.165) is 49.8 Å². The lowest BCUT2D eigenvalue weighted by Crippen LogP contribution is -2.10. The monoisotopic (exact) mass is 350 g/mol. The smallest absolute Gasteiger partial charge is 0.321 e. The quantitative estimate of drug-likeness (QED) is 0.228. The zero-order chi connectivity index (χ0) is 18.2. The van der Waals surface area contributed by atoms with Crippen molar-refractivity contribution in [3.05, 3.63) is 47.6 Å². The van der Waals surface area contributed by atoms with E-state index in [4.69, 9.17) is 18.9 Å². The van der Waals surface area contributed by atoms with Gasteiger partial charge in [0.25, 0.3) is 0 Å². The van der Waals surface area contributed by atoms with E-state index in [9.17, 15) is 0 Å². The Morgan fingerprint density at radius 2 is 1.48 bits per heavy atom. The highest BCUT2D eigenvalue weighted by Crippen LogP contribution is 2.17. The fraction of sp³-hybridized carbons (Fsp3) is 0.619. The molecule has 0 aliphatic carbocycles. The second kappa shape index (κ2) is 14.6. The van der Waals surface area contributed by atoms with Gasteiger partial charge in [-0.15, -0.1) is 0 Å². The van der Waals surface area contributed by atoms with Crippen molar-refractivity contribution in [1.29, 1.82) is 0 Å². The summed E-state index contributed by atoms with van der Waals surface area (Å²) in [5, 5.41) is 0. The van der Waals surface area contributed by atoms with Crippen LogP contribution in [0, 0.1) is 0 Å². The summed E-state index contributed by atoms with van der Waals surface area (Å²) in [5.74, 6) is 1.29. The molecule has 142 valence electrons. The number of allylic oxidation sites excluding steroid dienone is 1. The molecule has 0 aliphatic rings. The van der Waals surface area contributed by atoms with Gasteiger partial charge in [-0.3, -0.25) is 0 Å². The van der Waals surface area contributed by atoms with Gasteiger partial charge in [-0.1, -0.05) is 63.9 Å². The van der Waals surface area contributed by atoms with Crippen LogP contribution in [0.3, 0.4) is 0 Å². The first-order chi connectivity index (χ1) is 12.3. The second-order valence-electron chi connectivity index (χ2n) is 5.96. The molecule has 0 fully saturated rings. The fourth-order valence-corrected chi connectivity index (χ4v) is 2.14. The van der Waals surface area contributed by atoms with Crippen LogP contribution in [0.15, 0.2) is 42.0 Å². The lowest BCUT2D eigenvalue weighted by atomic mass is 10.2. The van der Waals surface area contributed by atoms with Crippen LogP contribution in [0.4, 0.5) is 0 Å². The summed E-state index contributed by atoms with van der Waals surface area (Å²) in [6.07, 6.45) is 6.00. The molecule has 0 spiro atoms. The van der Waals surface area contributed by atoms with E-state index < -0.39 is 0 Å². The molecule has 25 heavy (non-hydrogen) atoms. The van der Waals surface area contributed by atoms with E-state index in [1.165, 1.54) is 0 Å². The Morgan fingerprint density at radius 3 is 2.12 bits per heavy atom. The SMILES string of the molecule is CCCCO/C(CCC)=C(/OCCCC)OCOCc1ccccc1. The zero-order valence-electron chi connectivity index (χ0n) is 16.1. The Kier molecular flexibility index (Phi) is 12.5. The maximum absolute atomic E-state index is 5.91. The first-order valence-corrected chi connectivity index (χ1v) is 9.54. The van der Waals surface area contributed by atoms with Gasteiger partial charge in [-0.05, 0) is 24.8 Å². The van der Waals surface area contributed by atoms with E-state index in [1.54, 1.807) is 0 Å². The van der Waals surface area contributed by atoms with Crippen molar-refractivity contribution < 1.29 is 18.9 Å². The molecule has 0 heterocycles. The number of hydrogen-bond donors (Lipinski definition) is 0. The molecule has 4 nitrogen and oxygen atoms in total. The predicted octanol–water partition coefficient (Wildman–Crippen LogP) is 5.78. The Labute approximate surface area is 153 Å². The highest BCUT2D eigenvalue weighted by Gasteiger charge is 2.12. The summed E-state index contributed by atoms with van der Waals surface area (Å²) in [5.41, 5.74) is 1.12. The van der Waals surface area contributed by atoms with Crippen molar-refractivity contribution in [2.45, 2.75) is 65.9 Å². The van der Waals surface area contributed by atoms with Crippen molar-refractivity contribution in [3.8, 4) is 0 Å². The van der Waals surface area contributed by atoms with Crippen molar-refractivity contribution in [2.24, 2.45) is 0 Å². The van der Waals surface area contributed by atoms with Crippen LogP contribution >= 0.6 is 0 Å². The molecule has 4 heteroatoms. The van der Waals surface area contributed by atoms with Gasteiger partial charge in [0.05, 0.1) is 19.8 Å². The van der Waals surface area contributed by atoms with Crippen molar-refractivity contribution in [2.75, 3.05) is 20.0 Å². The Bertz CT molecular complexity index is 456. The van der Waals surface area contributed by atoms with Gasteiger partial charge in [0.1, 0.15) is 0 Å². The van der Waals surface area contributed by atoms with Crippen LogP contribution in [-0.4, -0.2) is 20.0 Å². The molecular weight excluding hydrogens is 316 g/mol. The molecule has 0 bridgehead atoms. The molecular formula is C21H34O4. The summed E-state index contributed by atoms with van der Waals surface area (Å²) in [6, 6.07) is 10.1. The number of rotatable bonds is 15. The van der Waals surface area contributed by atoms with Gasteiger partial charge in [-0.2, -0.15) is 0 Å². The molecule has 1 aromatic carbocycles. The molecule has 0 saturated heterocycles. The van der Waals surface area contributed by atoms with Crippen LogP contribution in [0.2, 0.25) is 0 Å². The Hall–Kier alpha value is -1.68. The number of ether oxygens (including phenoxy) is 4. The van der Waals surface area contributed by atoms with Gasteiger partial charge in [0.15, 0.2) is 12.6 Å². The molecule has 1 aromatic rings. The highest BCUT2D eigenvalue weighted by atomic mass is 16.7. The molecule has 0 aromatic heterocycles. The van der Waals surface area contributed by atoms with Crippen molar-refractivity contribution >= 4 is 0 Å². The van der Waals surface area contributed by atoms with Crippen LogP contribution in [-0.2, 0) is 25.6 Å². The van der Waals surface area contributed by atoms with Gasteiger partial charge < -0.3 is 18.9 Å². The average molecular weight is 350 g/mol. The van der Waals surface area contributed by atoms with E-state index >= 15 is 0 Å². The molecule has 0 atom stereocenters. The summed E-state index contributed by atoms with van der Waals surface area (Å²) >= 11 is 0. The Balaban J connectivity index is 2.56. The third-order valence-corrected chi connectivity index (χ3v) is 3.59. The molecule has 0 radical (unpaired) electrons. The highest BCUT2D eigenvalue weighted by molar-refractivity contribution is 5.13.